The molecule has 0 aromatic heterocycles. The molecule has 1 aliphatic rings. The normalized spacial score (nSPS) is 14.9. The van der Waals surface area contributed by atoms with Crippen molar-refractivity contribution in [2.24, 2.45) is 0 Å². The first kappa shape index (κ1) is 22.2. The summed E-state index contributed by atoms with van der Waals surface area (Å²) in [5.74, 6) is 0.584. The first-order chi connectivity index (χ1) is 14.2. The third-order valence-electron chi connectivity index (χ3n) is 5.15. The molecule has 0 amide bonds. The number of halogens is 3. The first-order valence-corrected chi connectivity index (χ1v) is 11.2. The maximum Gasteiger partial charge on any atom is 0.416 e. The lowest BCUT2D eigenvalue weighted by molar-refractivity contribution is -0.137. The van der Waals surface area contributed by atoms with Crippen LogP contribution in [0.2, 0.25) is 0 Å². The highest BCUT2D eigenvalue weighted by Crippen LogP contribution is 2.32. The van der Waals surface area contributed by atoms with E-state index in [1.54, 1.807) is 24.3 Å². The minimum Gasteiger partial charge on any atom is -0.497 e. The summed E-state index contributed by atoms with van der Waals surface area (Å²) in [4.78, 5) is -0.177. The summed E-state index contributed by atoms with van der Waals surface area (Å²) >= 11 is 0. The van der Waals surface area contributed by atoms with Crippen molar-refractivity contribution >= 4 is 15.7 Å². The Bertz CT molecular complexity index is 982. The zero-order chi connectivity index (χ0) is 21.8. The predicted molar refractivity (Wildman–Crippen MR) is 110 cm³/mol. The number of benzene rings is 2. The van der Waals surface area contributed by atoms with Crippen LogP contribution in [0.3, 0.4) is 0 Å². The molecule has 0 bridgehead atoms. The van der Waals surface area contributed by atoms with E-state index in [9.17, 15) is 21.6 Å². The minimum atomic E-state index is -4.52. The van der Waals surface area contributed by atoms with Gasteiger partial charge in [-0.15, -0.1) is 0 Å². The van der Waals surface area contributed by atoms with E-state index in [1.807, 2.05) is 0 Å². The lowest BCUT2D eigenvalue weighted by Crippen LogP contribution is -2.32. The van der Waals surface area contributed by atoms with Gasteiger partial charge in [-0.3, -0.25) is 4.31 Å². The monoisotopic (exact) mass is 439 g/mol. The van der Waals surface area contributed by atoms with Crippen LogP contribution in [0.25, 0.3) is 0 Å². The molecule has 0 N–H and O–H groups in total. The van der Waals surface area contributed by atoms with Crippen molar-refractivity contribution in [3.63, 3.8) is 0 Å². The molecule has 1 aliphatic carbocycles. The number of allylic oxidation sites excluding steroid dienone is 1. The Kier molecular flexibility index (Phi) is 6.75. The highest BCUT2D eigenvalue weighted by Gasteiger charge is 2.32. The number of rotatable bonds is 7. The predicted octanol–water partition coefficient (Wildman–Crippen LogP) is 5.80. The highest BCUT2D eigenvalue weighted by molar-refractivity contribution is 7.92. The smallest absolute Gasteiger partial charge is 0.416 e. The summed E-state index contributed by atoms with van der Waals surface area (Å²) in [6, 6.07) is 10.2. The lowest BCUT2D eigenvalue weighted by atomic mass is 9.97. The molecule has 0 atom stereocenters. The molecule has 162 valence electrons. The Morgan fingerprint density at radius 3 is 2.20 bits per heavy atom. The van der Waals surface area contributed by atoms with Gasteiger partial charge in [-0.05, 0) is 80.6 Å². The average molecular weight is 439 g/mol. The van der Waals surface area contributed by atoms with Gasteiger partial charge in [0, 0.05) is 6.54 Å². The molecular weight excluding hydrogens is 415 g/mol. The third kappa shape index (κ3) is 5.16. The van der Waals surface area contributed by atoms with Gasteiger partial charge in [0.25, 0.3) is 10.0 Å². The fourth-order valence-corrected chi connectivity index (χ4v) is 4.92. The van der Waals surface area contributed by atoms with Crippen LogP contribution < -0.4 is 9.04 Å². The summed E-state index contributed by atoms with van der Waals surface area (Å²) < 4.78 is 71.6. The topological polar surface area (TPSA) is 46.6 Å². The molecule has 30 heavy (non-hydrogen) atoms. The SMILES string of the molecule is COc1ccc(N(CCC2=CCCCC2)S(=O)(=O)c2ccc(C(F)(F)F)cc2)cc1. The van der Waals surface area contributed by atoms with Gasteiger partial charge in [0.1, 0.15) is 5.75 Å². The first-order valence-electron chi connectivity index (χ1n) is 9.74. The van der Waals surface area contributed by atoms with Gasteiger partial charge in [0.2, 0.25) is 0 Å². The van der Waals surface area contributed by atoms with Crippen LogP contribution in [-0.2, 0) is 16.2 Å². The van der Waals surface area contributed by atoms with Crippen LogP contribution in [0, 0.1) is 0 Å². The minimum absolute atomic E-state index is 0.177. The van der Waals surface area contributed by atoms with Crippen molar-refractivity contribution in [1.29, 1.82) is 0 Å². The summed E-state index contributed by atoms with van der Waals surface area (Å²) in [6.45, 7) is 0.210. The van der Waals surface area contributed by atoms with E-state index in [-0.39, 0.29) is 11.4 Å². The summed E-state index contributed by atoms with van der Waals surface area (Å²) in [5, 5.41) is 0. The number of hydrogen-bond donors (Lipinski definition) is 0. The third-order valence-corrected chi connectivity index (χ3v) is 6.99. The van der Waals surface area contributed by atoms with Crippen LogP contribution >= 0.6 is 0 Å². The fourth-order valence-electron chi connectivity index (χ4n) is 3.46. The lowest BCUT2D eigenvalue weighted by Gasteiger charge is -2.26. The van der Waals surface area contributed by atoms with E-state index >= 15 is 0 Å². The second-order valence-electron chi connectivity index (χ2n) is 7.16. The van der Waals surface area contributed by atoms with E-state index in [0.29, 0.717) is 17.9 Å². The van der Waals surface area contributed by atoms with Crippen molar-refractivity contribution in [1.82, 2.24) is 0 Å². The Morgan fingerprint density at radius 1 is 1.00 bits per heavy atom. The van der Waals surface area contributed by atoms with Crippen molar-refractivity contribution in [3.8, 4) is 5.75 Å². The second-order valence-corrected chi connectivity index (χ2v) is 9.02. The number of methoxy groups -OCH3 is 1. The fraction of sp³-hybridized carbons (Fsp3) is 0.364. The molecule has 0 radical (unpaired) electrons. The van der Waals surface area contributed by atoms with E-state index in [1.165, 1.54) is 17.0 Å². The van der Waals surface area contributed by atoms with Crippen LogP contribution in [-0.4, -0.2) is 22.1 Å². The van der Waals surface area contributed by atoms with E-state index in [0.717, 1.165) is 49.9 Å². The Balaban J connectivity index is 1.93. The zero-order valence-electron chi connectivity index (χ0n) is 16.7. The van der Waals surface area contributed by atoms with E-state index in [2.05, 4.69) is 6.08 Å². The number of alkyl halides is 3. The summed E-state index contributed by atoms with van der Waals surface area (Å²) in [6.07, 6.45) is 2.35. The van der Waals surface area contributed by atoms with Gasteiger partial charge >= 0.3 is 6.18 Å². The largest absolute Gasteiger partial charge is 0.497 e. The Labute approximate surface area is 175 Å². The van der Waals surface area contributed by atoms with Gasteiger partial charge in [0.15, 0.2) is 0 Å². The van der Waals surface area contributed by atoms with Gasteiger partial charge in [-0.25, -0.2) is 8.42 Å². The van der Waals surface area contributed by atoms with Crippen LogP contribution in [0.5, 0.6) is 5.75 Å². The maximum absolute atomic E-state index is 13.3. The Morgan fingerprint density at radius 2 is 1.67 bits per heavy atom. The Hall–Kier alpha value is -2.48. The molecule has 4 nitrogen and oxygen atoms in total. The molecule has 0 aliphatic heterocycles. The van der Waals surface area contributed by atoms with Gasteiger partial charge in [-0.2, -0.15) is 13.2 Å². The zero-order valence-corrected chi connectivity index (χ0v) is 17.5. The molecule has 2 aromatic carbocycles. The number of nitrogens with zero attached hydrogens (tertiary/aromatic N) is 1. The molecule has 0 heterocycles. The quantitative estimate of drug-likeness (QED) is 0.512. The molecule has 3 rings (SSSR count). The van der Waals surface area contributed by atoms with Crippen molar-refractivity contribution < 1.29 is 26.3 Å². The molecule has 0 spiro atoms. The van der Waals surface area contributed by atoms with Crippen molar-refractivity contribution in [3.05, 3.63) is 65.7 Å². The molecule has 0 saturated heterocycles. The number of anilines is 1. The molecule has 8 heteroatoms. The molecule has 0 unspecified atom stereocenters. The summed E-state index contributed by atoms with van der Waals surface area (Å²) in [7, 11) is -2.52. The second kappa shape index (κ2) is 9.12. The molecule has 0 fully saturated rings. The molecule has 0 saturated carbocycles. The average Bonchev–Trinajstić information content (AvgIpc) is 2.74. The summed E-state index contributed by atoms with van der Waals surface area (Å²) in [5.41, 5.74) is 0.763. The number of hydrogen-bond acceptors (Lipinski definition) is 3. The molecule has 2 aromatic rings. The molecular formula is C22H24F3NO3S. The van der Waals surface area contributed by atoms with E-state index in [4.69, 9.17) is 4.74 Å². The van der Waals surface area contributed by atoms with Crippen molar-refractivity contribution in [2.75, 3.05) is 18.0 Å². The van der Waals surface area contributed by atoms with Crippen LogP contribution in [0.1, 0.15) is 37.7 Å². The van der Waals surface area contributed by atoms with Crippen LogP contribution in [0.4, 0.5) is 18.9 Å². The highest BCUT2D eigenvalue weighted by atomic mass is 32.2. The van der Waals surface area contributed by atoms with Gasteiger partial charge in [-0.1, -0.05) is 11.6 Å². The van der Waals surface area contributed by atoms with Gasteiger partial charge in [0.05, 0.1) is 23.3 Å². The van der Waals surface area contributed by atoms with E-state index < -0.39 is 21.8 Å². The maximum atomic E-state index is 13.3. The number of ether oxygens (including phenoxy) is 1. The number of sulfonamides is 1. The van der Waals surface area contributed by atoms with Gasteiger partial charge < -0.3 is 4.74 Å². The standard InChI is InChI=1S/C22H24F3NO3S/c1-29-20-11-9-19(10-12-20)26(16-15-17-5-3-2-4-6-17)30(27,28)21-13-7-18(8-14-21)22(23,24)25/h5,7-14H,2-4,6,15-16H2,1H3. The van der Waals surface area contributed by atoms with Crippen LogP contribution in [0.15, 0.2) is 65.1 Å². The van der Waals surface area contributed by atoms with Crippen molar-refractivity contribution in [2.45, 2.75) is 43.2 Å².